The number of rotatable bonds is 3. The van der Waals surface area contributed by atoms with E-state index >= 15 is 0 Å². The zero-order valence-electron chi connectivity index (χ0n) is 9.08. The van der Waals surface area contributed by atoms with Crippen molar-refractivity contribution in [2.24, 2.45) is 0 Å². The van der Waals surface area contributed by atoms with E-state index in [0.29, 0.717) is 17.8 Å². The van der Waals surface area contributed by atoms with Crippen molar-refractivity contribution in [3.8, 4) is 0 Å². The van der Waals surface area contributed by atoms with Gasteiger partial charge in [0.15, 0.2) is 0 Å². The van der Waals surface area contributed by atoms with Crippen LogP contribution < -0.4 is 16.8 Å². The zero-order valence-corrected chi connectivity index (χ0v) is 9.08. The number of anilines is 2. The molecule has 0 unspecified atom stereocenters. The highest BCUT2D eigenvalue weighted by Crippen LogP contribution is 2.15. The molecular weight excluding hydrogens is 190 g/mol. The first-order valence-electron chi connectivity index (χ1n) is 4.92. The lowest BCUT2D eigenvalue weighted by Crippen LogP contribution is -2.31. The third-order valence-corrected chi connectivity index (χ3v) is 1.97. The van der Waals surface area contributed by atoms with Crippen LogP contribution in [-0.4, -0.2) is 11.9 Å². The van der Waals surface area contributed by atoms with Gasteiger partial charge in [0.25, 0.3) is 0 Å². The highest BCUT2D eigenvalue weighted by molar-refractivity contribution is 5.80. The van der Waals surface area contributed by atoms with Gasteiger partial charge in [0.2, 0.25) is 5.91 Å². The summed E-state index contributed by atoms with van der Waals surface area (Å²) in [6.07, 6.45) is 0.296. The standard InChI is InChI=1S/C11H17N3O/c1-7(2)14-11(15)5-8-3-4-9(12)6-10(8)13/h3-4,6-7H,5,12-13H2,1-2H3,(H,14,15). The number of hydrogen-bond donors (Lipinski definition) is 3. The molecule has 0 aliphatic rings. The number of hydrogen-bond acceptors (Lipinski definition) is 3. The Morgan fingerprint density at radius 3 is 2.60 bits per heavy atom. The van der Waals surface area contributed by atoms with Crippen LogP contribution >= 0.6 is 0 Å². The van der Waals surface area contributed by atoms with Gasteiger partial charge in [-0.2, -0.15) is 0 Å². The number of nitrogens with one attached hydrogen (secondary N) is 1. The van der Waals surface area contributed by atoms with Gasteiger partial charge in [0.05, 0.1) is 6.42 Å². The Bertz CT molecular complexity index is 361. The van der Waals surface area contributed by atoms with E-state index in [-0.39, 0.29) is 11.9 Å². The molecule has 0 saturated carbocycles. The molecule has 0 saturated heterocycles. The second kappa shape index (κ2) is 4.68. The van der Waals surface area contributed by atoms with Crippen LogP contribution in [0.1, 0.15) is 19.4 Å². The molecule has 0 aromatic heterocycles. The van der Waals surface area contributed by atoms with Crippen molar-refractivity contribution in [2.75, 3.05) is 11.5 Å². The van der Waals surface area contributed by atoms with E-state index in [1.54, 1.807) is 18.2 Å². The minimum atomic E-state index is -0.0264. The van der Waals surface area contributed by atoms with Crippen LogP contribution in [0.4, 0.5) is 11.4 Å². The molecule has 0 heterocycles. The molecule has 4 heteroatoms. The van der Waals surface area contributed by atoms with Gasteiger partial charge >= 0.3 is 0 Å². The molecule has 1 aromatic rings. The lowest BCUT2D eigenvalue weighted by atomic mass is 10.1. The maximum Gasteiger partial charge on any atom is 0.224 e. The third kappa shape index (κ3) is 3.50. The van der Waals surface area contributed by atoms with Gasteiger partial charge < -0.3 is 16.8 Å². The van der Waals surface area contributed by atoms with Gasteiger partial charge in [-0.25, -0.2) is 0 Å². The predicted octanol–water partition coefficient (Wildman–Crippen LogP) is 0.918. The van der Waals surface area contributed by atoms with E-state index in [9.17, 15) is 4.79 Å². The summed E-state index contributed by atoms with van der Waals surface area (Å²) >= 11 is 0. The van der Waals surface area contributed by atoms with Crippen molar-refractivity contribution < 1.29 is 4.79 Å². The van der Waals surface area contributed by atoms with Gasteiger partial charge in [-0.05, 0) is 31.5 Å². The molecule has 0 atom stereocenters. The largest absolute Gasteiger partial charge is 0.399 e. The highest BCUT2D eigenvalue weighted by atomic mass is 16.1. The van der Waals surface area contributed by atoms with Crippen LogP contribution in [0.5, 0.6) is 0 Å². The Morgan fingerprint density at radius 2 is 2.07 bits per heavy atom. The molecule has 82 valence electrons. The molecule has 1 rings (SSSR count). The molecule has 1 aromatic carbocycles. The molecule has 4 nitrogen and oxygen atoms in total. The first-order valence-corrected chi connectivity index (χ1v) is 4.92. The molecular formula is C11H17N3O. The zero-order chi connectivity index (χ0) is 11.4. The second-order valence-corrected chi connectivity index (χ2v) is 3.86. The van der Waals surface area contributed by atoms with Gasteiger partial charge in [0, 0.05) is 17.4 Å². The fourth-order valence-corrected chi connectivity index (χ4v) is 1.32. The number of benzene rings is 1. The normalized spacial score (nSPS) is 10.3. The summed E-state index contributed by atoms with van der Waals surface area (Å²) in [5.74, 6) is -0.0264. The smallest absolute Gasteiger partial charge is 0.224 e. The molecule has 0 aliphatic heterocycles. The fourth-order valence-electron chi connectivity index (χ4n) is 1.32. The summed E-state index contributed by atoms with van der Waals surface area (Å²) in [5.41, 5.74) is 13.3. The number of amides is 1. The van der Waals surface area contributed by atoms with Crippen LogP contribution in [0.2, 0.25) is 0 Å². The summed E-state index contributed by atoms with van der Waals surface area (Å²) < 4.78 is 0. The number of carbonyl (C=O) groups excluding carboxylic acids is 1. The molecule has 0 aliphatic carbocycles. The van der Waals surface area contributed by atoms with Crippen molar-refractivity contribution in [1.29, 1.82) is 0 Å². The van der Waals surface area contributed by atoms with Crippen molar-refractivity contribution in [1.82, 2.24) is 5.32 Å². The Hall–Kier alpha value is -1.71. The lowest BCUT2D eigenvalue weighted by molar-refractivity contribution is -0.120. The van der Waals surface area contributed by atoms with E-state index in [1.165, 1.54) is 0 Å². The third-order valence-electron chi connectivity index (χ3n) is 1.97. The topological polar surface area (TPSA) is 81.1 Å². The van der Waals surface area contributed by atoms with E-state index in [4.69, 9.17) is 11.5 Å². The van der Waals surface area contributed by atoms with Crippen molar-refractivity contribution in [3.63, 3.8) is 0 Å². The van der Waals surface area contributed by atoms with E-state index in [1.807, 2.05) is 13.8 Å². The van der Waals surface area contributed by atoms with Crippen LogP contribution in [0.15, 0.2) is 18.2 Å². The summed E-state index contributed by atoms with van der Waals surface area (Å²) in [5, 5.41) is 2.81. The quantitative estimate of drug-likeness (QED) is 0.645. The lowest BCUT2D eigenvalue weighted by Gasteiger charge is -2.10. The summed E-state index contributed by atoms with van der Waals surface area (Å²) in [6, 6.07) is 5.34. The van der Waals surface area contributed by atoms with Crippen LogP contribution in [0.3, 0.4) is 0 Å². The summed E-state index contributed by atoms with van der Waals surface area (Å²) in [7, 11) is 0. The van der Waals surface area contributed by atoms with Gasteiger partial charge in [-0.15, -0.1) is 0 Å². The number of nitrogen functional groups attached to an aromatic ring is 2. The van der Waals surface area contributed by atoms with E-state index < -0.39 is 0 Å². The van der Waals surface area contributed by atoms with Crippen molar-refractivity contribution in [2.45, 2.75) is 26.3 Å². The highest BCUT2D eigenvalue weighted by Gasteiger charge is 2.07. The molecule has 0 bridgehead atoms. The van der Waals surface area contributed by atoms with Crippen molar-refractivity contribution in [3.05, 3.63) is 23.8 Å². The Kier molecular flexibility index (Phi) is 3.55. The Balaban J connectivity index is 2.68. The number of nitrogens with two attached hydrogens (primary N) is 2. The number of carbonyl (C=O) groups is 1. The SMILES string of the molecule is CC(C)NC(=O)Cc1ccc(N)cc1N. The summed E-state index contributed by atoms with van der Waals surface area (Å²) in [4.78, 5) is 11.5. The molecule has 0 spiro atoms. The second-order valence-electron chi connectivity index (χ2n) is 3.86. The molecule has 1 amide bonds. The predicted molar refractivity (Wildman–Crippen MR) is 62.2 cm³/mol. The average molecular weight is 207 g/mol. The summed E-state index contributed by atoms with van der Waals surface area (Å²) in [6.45, 7) is 3.84. The minimum absolute atomic E-state index is 0.0264. The first-order chi connectivity index (χ1) is 6.99. The van der Waals surface area contributed by atoms with Crippen LogP contribution in [0.25, 0.3) is 0 Å². The van der Waals surface area contributed by atoms with Gasteiger partial charge in [-0.1, -0.05) is 6.07 Å². The van der Waals surface area contributed by atoms with E-state index in [2.05, 4.69) is 5.32 Å². The minimum Gasteiger partial charge on any atom is -0.399 e. The van der Waals surface area contributed by atoms with Crippen LogP contribution in [0, 0.1) is 0 Å². The van der Waals surface area contributed by atoms with E-state index in [0.717, 1.165) is 5.56 Å². The maximum atomic E-state index is 11.5. The van der Waals surface area contributed by atoms with Gasteiger partial charge in [0.1, 0.15) is 0 Å². The van der Waals surface area contributed by atoms with Crippen LogP contribution in [-0.2, 0) is 11.2 Å². The Morgan fingerprint density at radius 1 is 1.40 bits per heavy atom. The van der Waals surface area contributed by atoms with Crippen molar-refractivity contribution >= 4 is 17.3 Å². The first kappa shape index (κ1) is 11.4. The van der Waals surface area contributed by atoms with Gasteiger partial charge in [-0.3, -0.25) is 4.79 Å². The maximum absolute atomic E-state index is 11.5. The molecule has 0 radical (unpaired) electrons. The Labute approximate surface area is 89.6 Å². The molecule has 5 N–H and O–H groups in total. The molecule has 0 fully saturated rings. The fraction of sp³-hybridized carbons (Fsp3) is 0.364. The molecule has 15 heavy (non-hydrogen) atoms. The average Bonchev–Trinajstić information content (AvgIpc) is 2.08. The monoisotopic (exact) mass is 207 g/mol.